The summed E-state index contributed by atoms with van der Waals surface area (Å²) in [5.41, 5.74) is 5.30. The highest BCUT2D eigenvalue weighted by Gasteiger charge is 2.14. The van der Waals surface area contributed by atoms with E-state index in [0.717, 1.165) is 33.9 Å². The minimum absolute atomic E-state index is 0.828. The van der Waals surface area contributed by atoms with Gasteiger partial charge < -0.3 is 4.98 Å². The lowest BCUT2D eigenvalue weighted by Crippen LogP contribution is -1.85. The molecule has 0 fully saturated rings. The second kappa shape index (κ2) is 12.1. The lowest BCUT2D eigenvalue weighted by molar-refractivity contribution is 1.27. The summed E-state index contributed by atoms with van der Waals surface area (Å²) in [6.45, 7) is 0. The van der Waals surface area contributed by atoms with E-state index >= 15 is 0 Å². The molecule has 0 unspecified atom stereocenters. The van der Waals surface area contributed by atoms with Gasteiger partial charge in [-0.1, -0.05) is 121 Å². The number of nitrogens with one attached hydrogen (secondary N) is 1. The Bertz CT molecular complexity index is 1550. The molecule has 6 aromatic rings. The average Bonchev–Trinajstić information content (AvgIpc) is 3.43. The minimum Gasteiger partial charge on any atom is -0.338 e. The van der Waals surface area contributed by atoms with Gasteiger partial charge in [-0.15, -0.1) is 0 Å². The molecule has 0 atom stereocenters. The van der Waals surface area contributed by atoms with Crippen molar-refractivity contribution in [3.63, 3.8) is 0 Å². The molecule has 0 aliphatic heterocycles. The number of aromatic nitrogens is 2. The lowest BCUT2D eigenvalue weighted by Gasteiger charge is -2.07. The number of benzene rings is 5. The van der Waals surface area contributed by atoms with Crippen molar-refractivity contribution in [3.8, 4) is 22.5 Å². The summed E-state index contributed by atoms with van der Waals surface area (Å²) in [6.07, 6.45) is 4.13. The van der Waals surface area contributed by atoms with E-state index in [-0.39, 0.29) is 0 Å². The third kappa shape index (κ3) is 6.43. The quantitative estimate of drug-likeness (QED) is 0.209. The van der Waals surface area contributed by atoms with E-state index in [9.17, 15) is 0 Å². The number of rotatable bonds is 8. The normalized spacial score (nSPS) is 11.2. The number of hydrogen-bond donors (Lipinski definition) is 1. The van der Waals surface area contributed by atoms with E-state index in [1.807, 2.05) is 36.4 Å². The van der Waals surface area contributed by atoms with Crippen LogP contribution in [0.15, 0.2) is 159 Å². The molecule has 5 aromatic carbocycles. The molecule has 0 saturated carbocycles. The van der Waals surface area contributed by atoms with Gasteiger partial charge in [0.05, 0.1) is 11.4 Å². The van der Waals surface area contributed by atoms with E-state index in [1.54, 1.807) is 23.5 Å². The Morgan fingerprint density at radius 1 is 0.462 bits per heavy atom. The number of nitrogens with zero attached hydrogens (tertiary/aromatic N) is 1. The Morgan fingerprint density at radius 2 is 0.923 bits per heavy atom. The number of hydrogen-bond acceptors (Lipinski definition) is 3. The molecule has 0 bridgehead atoms. The fourth-order valence-electron chi connectivity index (χ4n) is 4.25. The third-order valence-electron chi connectivity index (χ3n) is 6.18. The highest BCUT2D eigenvalue weighted by Crippen LogP contribution is 2.35. The predicted octanol–water partition coefficient (Wildman–Crippen LogP) is 10.2. The van der Waals surface area contributed by atoms with Crippen LogP contribution in [0.2, 0.25) is 0 Å². The van der Waals surface area contributed by atoms with Crippen molar-refractivity contribution >= 4 is 35.7 Å². The zero-order valence-corrected chi connectivity index (χ0v) is 22.8. The molecule has 1 aromatic heterocycles. The molecule has 0 saturated heterocycles. The van der Waals surface area contributed by atoms with Gasteiger partial charge in [0.25, 0.3) is 0 Å². The van der Waals surface area contributed by atoms with Gasteiger partial charge in [-0.25, -0.2) is 4.98 Å². The van der Waals surface area contributed by atoms with Crippen molar-refractivity contribution in [2.75, 3.05) is 0 Å². The maximum Gasteiger partial charge on any atom is 0.131 e. The van der Waals surface area contributed by atoms with Gasteiger partial charge in [-0.05, 0) is 60.2 Å². The summed E-state index contributed by atoms with van der Waals surface area (Å²) in [5.74, 6) is 0.828. The van der Waals surface area contributed by atoms with E-state index in [1.165, 1.54) is 19.6 Å². The van der Waals surface area contributed by atoms with Crippen molar-refractivity contribution in [1.29, 1.82) is 0 Å². The van der Waals surface area contributed by atoms with Crippen LogP contribution in [0.1, 0.15) is 11.4 Å². The number of H-pyrrole nitrogens is 1. The molecule has 188 valence electrons. The summed E-state index contributed by atoms with van der Waals surface area (Å²) >= 11 is 3.53. The van der Waals surface area contributed by atoms with Crippen LogP contribution in [0, 0.1) is 0 Å². The highest BCUT2D eigenvalue weighted by molar-refractivity contribution is 7.99. The first-order valence-electron chi connectivity index (χ1n) is 12.8. The SMILES string of the molecule is C(=Cc1nc(-c2ccc(Sc3ccccc3)cc2)c(-c2ccc(Sc3ccccc3)cc2)[nH]1)c1ccccc1. The first-order chi connectivity index (χ1) is 19.3. The molecule has 0 amide bonds. The van der Waals surface area contributed by atoms with Gasteiger partial charge in [0.15, 0.2) is 0 Å². The third-order valence-corrected chi connectivity index (χ3v) is 8.22. The van der Waals surface area contributed by atoms with Crippen molar-refractivity contribution in [1.82, 2.24) is 9.97 Å². The van der Waals surface area contributed by atoms with Crippen LogP contribution in [0.5, 0.6) is 0 Å². The minimum atomic E-state index is 0.828. The van der Waals surface area contributed by atoms with Crippen LogP contribution >= 0.6 is 23.5 Å². The van der Waals surface area contributed by atoms with Gasteiger partial charge in [-0.2, -0.15) is 0 Å². The fourth-order valence-corrected chi connectivity index (χ4v) is 5.92. The molecule has 6 rings (SSSR count). The lowest BCUT2D eigenvalue weighted by atomic mass is 10.1. The summed E-state index contributed by atoms with van der Waals surface area (Å²) in [5, 5.41) is 0. The van der Waals surface area contributed by atoms with Crippen LogP contribution in [0.25, 0.3) is 34.7 Å². The van der Waals surface area contributed by atoms with Crippen molar-refractivity contribution in [2.24, 2.45) is 0 Å². The van der Waals surface area contributed by atoms with Gasteiger partial charge in [0.1, 0.15) is 5.82 Å². The molecule has 4 heteroatoms. The van der Waals surface area contributed by atoms with Crippen LogP contribution in [0.4, 0.5) is 0 Å². The molecule has 0 aliphatic rings. The zero-order valence-electron chi connectivity index (χ0n) is 21.2. The topological polar surface area (TPSA) is 28.7 Å². The van der Waals surface area contributed by atoms with Crippen LogP contribution < -0.4 is 0 Å². The van der Waals surface area contributed by atoms with Crippen molar-refractivity contribution in [3.05, 3.63) is 151 Å². The summed E-state index contributed by atoms with van der Waals surface area (Å²) in [4.78, 5) is 13.5. The standard InChI is InChI=1S/C35H26N2S2/c1-4-10-26(11-5-1)16-25-33-36-34(27-17-21-31(22-18-27)38-29-12-6-2-7-13-29)35(37-33)28-19-23-32(24-20-28)39-30-14-8-3-9-15-30/h1-25H,(H,36,37). The Balaban J connectivity index is 1.31. The monoisotopic (exact) mass is 538 g/mol. The molecule has 1 heterocycles. The summed E-state index contributed by atoms with van der Waals surface area (Å²) < 4.78 is 0. The van der Waals surface area contributed by atoms with Gasteiger partial charge >= 0.3 is 0 Å². The summed E-state index contributed by atoms with van der Waals surface area (Å²) in [6, 6.07) is 48.6. The van der Waals surface area contributed by atoms with Crippen LogP contribution in [0.3, 0.4) is 0 Å². The Hall–Kier alpha value is -4.25. The first-order valence-corrected chi connectivity index (χ1v) is 14.4. The van der Waals surface area contributed by atoms with Crippen molar-refractivity contribution in [2.45, 2.75) is 19.6 Å². The molecule has 1 N–H and O–H groups in total. The van der Waals surface area contributed by atoms with Gasteiger partial charge in [-0.3, -0.25) is 0 Å². The van der Waals surface area contributed by atoms with Crippen LogP contribution in [-0.4, -0.2) is 9.97 Å². The van der Waals surface area contributed by atoms with Crippen molar-refractivity contribution < 1.29 is 0 Å². The molecule has 0 radical (unpaired) electrons. The summed E-state index contributed by atoms with van der Waals surface area (Å²) in [7, 11) is 0. The molecule has 39 heavy (non-hydrogen) atoms. The second-order valence-corrected chi connectivity index (χ2v) is 11.3. The number of aromatic amines is 1. The van der Waals surface area contributed by atoms with E-state index < -0.39 is 0 Å². The Kier molecular flexibility index (Phi) is 7.76. The molecule has 0 aliphatic carbocycles. The average molecular weight is 539 g/mol. The largest absolute Gasteiger partial charge is 0.338 e. The van der Waals surface area contributed by atoms with E-state index in [2.05, 4.69) is 120 Å². The maximum absolute atomic E-state index is 5.02. The molecule has 2 nitrogen and oxygen atoms in total. The zero-order chi connectivity index (χ0) is 26.3. The molecular weight excluding hydrogens is 513 g/mol. The first kappa shape index (κ1) is 25.1. The van der Waals surface area contributed by atoms with Gasteiger partial charge in [0.2, 0.25) is 0 Å². The number of imidazole rings is 1. The predicted molar refractivity (Wildman–Crippen MR) is 166 cm³/mol. The van der Waals surface area contributed by atoms with E-state index in [4.69, 9.17) is 4.98 Å². The Morgan fingerprint density at radius 3 is 1.46 bits per heavy atom. The smallest absolute Gasteiger partial charge is 0.131 e. The fraction of sp³-hybridized carbons (Fsp3) is 0. The van der Waals surface area contributed by atoms with Crippen LogP contribution in [-0.2, 0) is 0 Å². The Labute approximate surface area is 237 Å². The maximum atomic E-state index is 5.02. The van der Waals surface area contributed by atoms with Gasteiger partial charge in [0, 0.05) is 30.7 Å². The second-order valence-electron chi connectivity index (χ2n) is 8.97. The highest BCUT2D eigenvalue weighted by atomic mass is 32.2. The molecule has 0 spiro atoms. The van der Waals surface area contributed by atoms with E-state index in [0.29, 0.717) is 0 Å². The molecular formula is C35H26N2S2.